The largest absolute Gasteiger partial charge is 0.477 e. The second-order valence-electron chi connectivity index (χ2n) is 38.8. The fourth-order valence-electron chi connectivity index (χ4n) is 19.7. The minimum Gasteiger partial charge on any atom is -0.477 e. The van der Waals surface area contributed by atoms with E-state index in [4.69, 9.17) is 0 Å². The number of benzene rings is 6. The normalized spacial score (nSPS) is 16.6. The lowest BCUT2D eigenvalue weighted by Gasteiger charge is -2.41. The molecule has 6 aliphatic rings. The molecule has 770 valence electrons. The van der Waals surface area contributed by atoms with E-state index < -0.39 is 91.2 Å². The Hall–Kier alpha value is -13.2. The van der Waals surface area contributed by atoms with E-state index in [0.717, 1.165) is 117 Å². The molecule has 9 heterocycles. The second-order valence-corrected chi connectivity index (χ2v) is 39.8. The SMILES string of the molecule is CC(=O)c1cn(C2CC2)c2c(F)c(N3CCNC(C)C3)c(F)cc2c1=O.CCc1cc(Nc2cc(=O)n(CCCCI)c(=O)[nH]2)ccc1C.CCc1cc(Nc2cc(=O)n(CCCCN3CCN(c4c(F)cc5c(=O)c(C(=O)O)cn(C6CC6)c5c4F)CC3C)c(=O)[nH]2)ccc1C.CCc1cc(Nc2cc(=O)n(CCCCN3CCN(c4c(F)cc5c(=O)c(C(C)=O)cn(C6CC6)c5c4F)CC3C)c(=O)[nH]2)ccc1C. The number of halogens is 7. The van der Waals surface area contributed by atoms with Crippen molar-refractivity contribution >= 4 is 124 Å². The Morgan fingerprint density at radius 1 is 0.407 bits per heavy atom. The molecule has 0 bridgehead atoms. The molecule has 145 heavy (non-hydrogen) atoms. The van der Waals surface area contributed by atoms with Gasteiger partial charge in [0.25, 0.3) is 16.7 Å². The molecule has 3 aliphatic carbocycles. The summed E-state index contributed by atoms with van der Waals surface area (Å²) in [4.78, 5) is 167. The van der Waals surface area contributed by atoms with Crippen LogP contribution in [0.1, 0.15) is 215 Å². The number of Topliss-reactive ketones (excluding diaryl/α,β-unsaturated/α-hetero) is 2. The quantitative estimate of drug-likeness (QED) is 0.00638. The highest BCUT2D eigenvalue weighted by Crippen LogP contribution is 2.44. The molecule has 6 fully saturated rings. The predicted molar refractivity (Wildman–Crippen MR) is 564 cm³/mol. The van der Waals surface area contributed by atoms with Crippen LogP contribution in [-0.2, 0) is 38.9 Å². The zero-order valence-corrected chi connectivity index (χ0v) is 85.6. The van der Waals surface area contributed by atoms with E-state index in [1.807, 2.05) is 89.2 Å². The van der Waals surface area contributed by atoms with Crippen LogP contribution in [0.4, 0.5) is 77.9 Å². The van der Waals surface area contributed by atoms with Gasteiger partial charge in [0.1, 0.15) is 57.5 Å². The van der Waals surface area contributed by atoms with Gasteiger partial charge < -0.3 is 54.8 Å². The fourth-order valence-corrected chi connectivity index (χ4v) is 20.3. The number of carboxylic acids is 1. The molecule has 0 radical (unpaired) electrons. The van der Waals surface area contributed by atoms with Crippen LogP contribution in [-0.4, -0.2) is 169 Å². The van der Waals surface area contributed by atoms with Crippen LogP contribution < -0.4 is 86.0 Å². The van der Waals surface area contributed by atoms with Gasteiger partial charge in [-0.15, -0.1) is 0 Å². The number of H-pyrrole nitrogens is 3. The molecule has 12 aromatic rings. The number of anilines is 9. The average molecular weight is 2110 g/mol. The monoisotopic (exact) mass is 2110 g/mol. The number of aromatic nitrogens is 9. The van der Waals surface area contributed by atoms with Gasteiger partial charge in [-0.25, -0.2) is 45.5 Å². The molecular weight excluding hydrogens is 1990 g/mol. The fraction of sp³-hybridized carbons (Fsp3) is 0.439. The Bertz CT molecular complexity index is 7180. The number of carbonyl (C=O) groups excluding carboxylic acids is 2. The maximum atomic E-state index is 16.2. The number of hydrogen-bond donors (Lipinski definition) is 8. The Morgan fingerprint density at radius 3 is 1.01 bits per heavy atom. The minimum absolute atomic E-state index is 0.0215. The molecule has 8 N–H and O–H groups in total. The molecule has 3 unspecified atom stereocenters. The highest BCUT2D eigenvalue weighted by atomic mass is 127. The lowest BCUT2D eigenvalue weighted by atomic mass is 10.1. The number of alkyl halides is 1. The van der Waals surface area contributed by atoms with Crippen LogP contribution in [0.25, 0.3) is 32.7 Å². The molecular formula is C107H125F6IN18O13. The first-order chi connectivity index (χ1) is 69.3. The van der Waals surface area contributed by atoms with Crippen molar-refractivity contribution in [2.45, 2.75) is 228 Å². The van der Waals surface area contributed by atoms with Gasteiger partial charge in [-0.3, -0.25) is 76.8 Å². The third-order valence-corrected chi connectivity index (χ3v) is 29.0. The molecule has 0 spiro atoms. The Balaban J connectivity index is 0.000000152. The van der Waals surface area contributed by atoms with Crippen LogP contribution in [0, 0.1) is 55.7 Å². The summed E-state index contributed by atoms with van der Waals surface area (Å²) in [6.07, 6.45) is 15.9. The Morgan fingerprint density at radius 2 is 0.717 bits per heavy atom. The summed E-state index contributed by atoms with van der Waals surface area (Å²) in [6.45, 7) is 27.4. The van der Waals surface area contributed by atoms with Crippen LogP contribution in [0.15, 0.2) is 153 Å². The van der Waals surface area contributed by atoms with Crippen molar-refractivity contribution in [2.24, 2.45) is 0 Å². The number of aryl methyl sites for hydroxylation is 6. The maximum Gasteiger partial charge on any atom is 0.341 e. The van der Waals surface area contributed by atoms with E-state index in [0.29, 0.717) is 115 Å². The van der Waals surface area contributed by atoms with E-state index in [1.54, 1.807) is 23.8 Å². The van der Waals surface area contributed by atoms with Gasteiger partial charge in [0.05, 0.1) is 43.8 Å². The molecule has 0 amide bonds. The van der Waals surface area contributed by atoms with E-state index in [-0.39, 0.29) is 127 Å². The smallest absolute Gasteiger partial charge is 0.341 e. The highest BCUT2D eigenvalue weighted by molar-refractivity contribution is 14.1. The highest BCUT2D eigenvalue weighted by Gasteiger charge is 2.38. The number of nitrogens with one attached hydrogen (secondary N) is 7. The van der Waals surface area contributed by atoms with Crippen molar-refractivity contribution in [2.75, 3.05) is 107 Å². The molecule has 6 aromatic carbocycles. The molecule has 38 heteroatoms. The van der Waals surface area contributed by atoms with Gasteiger partial charge in [-0.1, -0.05) is 61.6 Å². The molecule has 31 nitrogen and oxygen atoms in total. The van der Waals surface area contributed by atoms with Gasteiger partial charge in [-0.2, -0.15) is 0 Å². The third kappa shape index (κ3) is 24.1. The van der Waals surface area contributed by atoms with Crippen molar-refractivity contribution in [1.82, 2.24) is 57.5 Å². The number of aromatic carboxylic acids is 1. The van der Waals surface area contributed by atoms with Gasteiger partial charge in [0.2, 0.25) is 5.43 Å². The number of rotatable bonds is 32. The number of hydrogen-bond acceptors (Lipinski definition) is 21. The predicted octanol–water partition coefficient (Wildman–Crippen LogP) is 16.0. The number of carboxylic acid groups (broad SMARTS) is 1. The van der Waals surface area contributed by atoms with Crippen molar-refractivity contribution in [1.29, 1.82) is 0 Å². The van der Waals surface area contributed by atoms with Crippen molar-refractivity contribution in [3.05, 3.63) is 288 Å². The zero-order chi connectivity index (χ0) is 104. The first-order valence-electron chi connectivity index (χ1n) is 50.0. The van der Waals surface area contributed by atoms with Crippen molar-refractivity contribution in [3.8, 4) is 0 Å². The maximum absolute atomic E-state index is 16.2. The van der Waals surface area contributed by atoms with Crippen molar-refractivity contribution in [3.63, 3.8) is 0 Å². The summed E-state index contributed by atoms with van der Waals surface area (Å²) in [6, 6.07) is 25.1. The summed E-state index contributed by atoms with van der Waals surface area (Å²) >= 11 is 2.29. The van der Waals surface area contributed by atoms with Crippen LogP contribution >= 0.6 is 22.6 Å². The van der Waals surface area contributed by atoms with E-state index in [2.05, 4.69) is 96.3 Å². The van der Waals surface area contributed by atoms with Crippen molar-refractivity contribution < 1.29 is 45.8 Å². The number of fused-ring (bicyclic) bond motifs is 3. The Labute approximate surface area is 845 Å². The number of carbonyl (C=O) groups is 3. The third-order valence-electron chi connectivity index (χ3n) is 28.2. The number of nitrogens with zero attached hydrogens (tertiary/aromatic N) is 11. The van der Waals surface area contributed by atoms with Crippen LogP contribution in [0.3, 0.4) is 0 Å². The molecule has 6 aromatic heterocycles. The van der Waals surface area contributed by atoms with Crippen LogP contribution in [0.2, 0.25) is 0 Å². The zero-order valence-electron chi connectivity index (χ0n) is 83.5. The summed E-state index contributed by atoms with van der Waals surface area (Å²) < 4.78 is 103. The topological polar surface area (TPSA) is 366 Å². The number of unbranched alkanes of at least 4 members (excludes halogenated alkanes) is 3. The van der Waals surface area contributed by atoms with Gasteiger partial charge in [-0.05, 0) is 257 Å². The number of aromatic amines is 3. The molecule has 3 saturated carbocycles. The average Bonchev–Trinajstić information content (AvgIpc) is 1.73. The summed E-state index contributed by atoms with van der Waals surface area (Å²) in [5.41, 5.74) is 4.18. The number of pyridine rings is 3. The summed E-state index contributed by atoms with van der Waals surface area (Å²) in [5, 5.41) is 21.6. The standard InChI is InChI=1S/C36H42F2N6O4.C35H40F2N6O5.C19H21F2N3O2.C17H22IN3O2/c1-5-24-16-25(9-8-21(24)2)39-30-18-31(46)43(36(48)40-30)13-7-6-12-41-14-15-42(19-22(41)3)34-29(37)17-27-33(32(34)38)44(26-10-11-26)20-28(23(4)45)35(27)47;1-4-22-15-23(8-7-20(22)2)38-28-17-29(44)42(35(48)39-28)12-6-5-11-40-13-14-41(18-21(40)3)32-27(36)16-25-31(30(32)37)43(24-9-10-24)19-26(33(25)45)34(46)47;1-10-8-23(6-5-22-10)18-15(20)7-13-17(16(18)21)24(12-3-4-12)9-14(11(2)25)19(13)26;1-3-13-10-14(7-6-12(13)2)19-15-11-16(22)21(17(23)20-15)9-5-4-8-18/h8-9,16-18,20,22,26,39H,5-7,10-15,19H2,1-4H3,(H,40,48);7-8,15-17,19,21,24,38H,4-6,9-14,18H2,1-3H3,(H,39,48)(H,46,47);7,9-10,12,22H,3-6,8H2,1-2H3;6-7,10-11,19H,3-5,8-9H2,1-2H3,(H,20,23). The first kappa shape index (κ1) is 106. The molecule has 3 atom stereocenters. The van der Waals surface area contributed by atoms with E-state index in [9.17, 15) is 67.0 Å². The van der Waals surface area contributed by atoms with Gasteiger partial charge >= 0.3 is 23.0 Å². The molecule has 3 saturated heterocycles. The summed E-state index contributed by atoms with van der Waals surface area (Å²) in [7, 11) is 0. The summed E-state index contributed by atoms with van der Waals surface area (Å²) in [5.74, 6) is -5.97. The van der Waals surface area contributed by atoms with Gasteiger partial charge in [0.15, 0.2) is 39.9 Å². The Kier molecular flexibility index (Phi) is 33.7. The van der Waals surface area contributed by atoms with E-state index >= 15 is 22.0 Å². The lowest BCUT2D eigenvalue weighted by molar-refractivity contribution is 0.0694. The van der Waals surface area contributed by atoms with Crippen LogP contribution in [0.5, 0.6) is 0 Å². The molecule has 3 aliphatic heterocycles. The number of ketones is 2. The number of piperazine rings is 3. The molecule has 18 rings (SSSR count). The van der Waals surface area contributed by atoms with E-state index in [1.165, 1.54) is 102 Å². The minimum atomic E-state index is -1.43. The first-order valence-corrected chi connectivity index (χ1v) is 51.5. The second kappa shape index (κ2) is 46.0. The lowest BCUT2D eigenvalue weighted by Crippen LogP contribution is -2.52. The van der Waals surface area contributed by atoms with Gasteiger partial charge in [0, 0.05) is 169 Å².